The van der Waals surface area contributed by atoms with Crippen molar-refractivity contribution in [2.75, 3.05) is 24.5 Å². The molecule has 2 unspecified atom stereocenters. The van der Waals surface area contributed by atoms with E-state index >= 15 is 0 Å². The highest BCUT2D eigenvalue weighted by Crippen LogP contribution is 2.38. The summed E-state index contributed by atoms with van der Waals surface area (Å²) in [5.41, 5.74) is 3.30. The van der Waals surface area contributed by atoms with Gasteiger partial charge < -0.3 is 10.2 Å². The van der Waals surface area contributed by atoms with Gasteiger partial charge in [0.1, 0.15) is 5.82 Å². The van der Waals surface area contributed by atoms with Gasteiger partial charge in [-0.25, -0.2) is 4.39 Å². The fourth-order valence-corrected chi connectivity index (χ4v) is 5.36. The number of piperazine rings is 1. The monoisotopic (exact) mass is 508 g/mol. The van der Waals surface area contributed by atoms with Crippen molar-refractivity contribution in [2.24, 2.45) is 5.92 Å². The van der Waals surface area contributed by atoms with E-state index in [0.717, 1.165) is 29.9 Å². The maximum absolute atomic E-state index is 14.1. The quantitative estimate of drug-likeness (QED) is 0.390. The van der Waals surface area contributed by atoms with E-state index in [4.69, 9.17) is 11.6 Å². The minimum absolute atomic E-state index is 0.0130. The fraction of sp³-hybridized carbons (Fsp3) is 0.296. The Balaban J connectivity index is 1.39. The van der Waals surface area contributed by atoms with Gasteiger partial charge in [-0.3, -0.25) is 19.8 Å². The summed E-state index contributed by atoms with van der Waals surface area (Å²) in [5, 5.41) is 15.0. The summed E-state index contributed by atoms with van der Waals surface area (Å²) in [5.74, 6) is -0.978. The summed E-state index contributed by atoms with van der Waals surface area (Å²) in [6.07, 6.45) is 0.385. The van der Waals surface area contributed by atoms with Crippen LogP contribution in [-0.2, 0) is 24.3 Å². The van der Waals surface area contributed by atoms with Crippen molar-refractivity contribution in [3.63, 3.8) is 0 Å². The molecule has 2 heterocycles. The van der Waals surface area contributed by atoms with Crippen molar-refractivity contribution in [1.82, 2.24) is 10.2 Å². The van der Waals surface area contributed by atoms with E-state index in [1.54, 1.807) is 30.3 Å². The Kier molecular flexibility index (Phi) is 6.89. The van der Waals surface area contributed by atoms with Crippen molar-refractivity contribution in [3.05, 3.63) is 104 Å². The first kappa shape index (κ1) is 24.2. The highest BCUT2D eigenvalue weighted by molar-refractivity contribution is 6.30. The average molecular weight is 509 g/mol. The zero-order chi connectivity index (χ0) is 25.2. The standard InChI is InChI=1S/C27H26ClFN4O3/c28-21-7-5-18(6-8-21)16-31-11-12-32-25-10-9-22(33(35)36)13-20(25)14-23(26(32)17-31)27(34)30-15-19-3-1-2-4-24(19)29/h1-10,13,23,26H,11-12,14-17H2,(H,30,34). The Morgan fingerprint density at radius 2 is 1.89 bits per heavy atom. The average Bonchev–Trinajstić information content (AvgIpc) is 2.88. The summed E-state index contributed by atoms with van der Waals surface area (Å²) in [7, 11) is 0. The second-order valence-electron chi connectivity index (χ2n) is 9.31. The molecule has 3 aromatic rings. The molecule has 7 nitrogen and oxygen atoms in total. The second kappa shape index (κ2) is 10.2. The third-order valence-corrected chi connectivity index (χ3v) is 7.31. The maximum atomic E-state index is 14.1. The third kappa shape index (κ3) is 5.05. The second-order valence-corrected chi connectivity index (χ2v) is 9.75. The number of nitro benzene ring substituents is 1. The minimum atomic E-state index is -0.431. The highest BCUT2D eigenvalue weighted by atomic mass is 35.5. The molecule has 0 aromatic heterocycles. The fourth-order valence-electron chi connectivity index (χ4n) is 5.23. The lowest BCUT2D eigenvalue weighted by atomic mass is 9.83. The van der Waals surface area contributed by atoms with Gasteiger partial charge in [-0.2, -0.15) is 0 Å². The van der Waals surface area contributed by atoms with Gasteiger partial charge in [-0.05, 0) is 41.8 Å². The molecular formula is C27H26ClFN4O3. The lowest BCUT2D eigenvalue weighted by Crippen LogP contribution is -2.60. The predicted molar refractivity (Wildman–Crippen MR) is 136 cm³/mol. The number of rotatable bonds is 6. The normalized spacial score (nSPS) is 19.3. The molecule has 1 saturated heterocycles. The van der Waals surface area contributed by atoms with Crippen LogP contribution >= 0.6 is 11.6 Å². The number of non-ortho nitro benzene ring substituents is 1. The van der Waals surface area contributed by atoms with Gasteiger partial charge in [0.2, 0.25) is 5.91 Å². The molecule has 0 radical (unpaired) electrons. The Morgan fingerprint density at radius 1 is 1.11 bits per heavy atom. The molecule has 2 aliphatic heterocycles. The number of benzene rings is 3. The van der Waals surface area contributed by atoms with Crippen LogP contribution in [0.4, 0.5) is 15.8 Å². The van der Waals surface area contributed by atoms with Crippen LogP contribution in [0.15, 0.2) is 66.7 Å². The number of fused-ring (bicyclic) bond motifs is 3. The smallest absolute Gasteiger partial charge is 0.269 e. The third-order valence-electron chi connectivity index (χ3n) is 7.06. The van der Waals surface area contributed by atoms with Crippen LogP contribution in [0.5, 0.6) is 0 Å². The molecule has 5 rings (SSSR count). The zero-order valence-electron chi connectivity index (χ0n) is 19.6. The Bertz CT molecular complexity index is 1290. The van der Waals surface area contributed by atoms with E-state index in [1.165, 1.54) is 12.1 Å². The number of hydrogen-bond donors (Lipinski definition) is 1. The van der Waals surface area contributed by atoms with Gasteiger partial charge in [-0.15, -0.1) is 0 Å². The van der Waals surface area contributed by atoms with Crippen LogP contribution in [0.3, 0.4) is 0 Å². The van der Waals surface area contributed by atoms with Crippen LogP contribution in [-0.4, -0.2) is 41.4 Å². The number of amides is 1. The number of hydrogen-bond acceptors (Lipinski definition) is 5. The SMILES string of the molecule is O=C(NCc1ccccc1F)C1Cc2cc([N+](=O)[O-])ccc2N2CCN(Cc3ccc(Cl)cc3)CC12. The molecule has 2 atom stereocenters. The van der Waals surface area contributed by atoms with Gasteiger partial charge in [0.15, 0.2) is 0 Å². The molecule has 186 valence electrons. The molecule has 0 aliphatic carbocycles. The number of carbonyl (C=O) groups excluding carboxylic acids is 1. The van der Waals surface area contributed by atoms with Crippen molar-refractivity contribution in [2.45, 2.75) is 25.6 Å². The maximum Gasteiger partial charge on any atom is 0.269 e. The number of nitrogens with zero attached hydrogens (tertiary/aromatic N) is 3. The minimum Gasteiger partial charge on any atom is -0.365 e. The predicted octanol–water partition coefficient (Wildman–Crippen LogP) is 4.57. The number of nitro groups is 1. The van der Waals surface area contributed by atoms with Crippen LogP contribution in [0.25, 0.3) is 0 Å². The van der Waals surface area contributed by atoms with Crippen molar-refractivity contribution in [3.8, 4) is 0 Å². The molecule has 0 spiro atoms. The lowest BCUT2D eigenvalue weighted by Gasteiger charge is -2.49. The van der Waals surface area contributed by atoms with Gasteiger partial charge >= 0.3 is 0 Å². The topological polar surface area (TPSA) is 78.7 Å². The zero-order valence-corrected chi connectivity index (χ0v) is 20.3. The molecule has 2 aliphatic rings. The van der Waals surface area contributed by atoms with Crippen molar-refractivity contribution < 1.29 is 14.1 Å². The molecule has 9 heteroatoms. The molecule has 0 saturated carbocycles. The molecule has 0 bridgehead atoms. The van der Waals surface area contributed by atoms with E-state index in [1.807, 2.05) is 24.3 Å². The summed E-state index contributed by atoms with van der Waals surface area (Å²) >= 11 is 6.03. The summed E-state index contributed by atoms with van der Waals surface area (Å²) in [6.45, 7) is 2.97. The largest absolute Gasteiger partial charge is 0.365 e. The van der Waals surface area contributed by atoms with Crippen LogP contribution < -0.4 is 10.2 Å². The van der Waals surface area contributed by atoms with Crippen LogP contribution in [0, 0.1) is 21.8 Å². The van der Waals surface area contributed by atoms with Gasteiger partial charge in [0, 0.05) is 61.1 Å². The molecule has 1 N–H and O–H groups in total. The van der Waals surface area contributed by atoms with E-state index in [-0.39, 0.29) is 30.0 Å². The van der Waals surface area contributed by atoms with Crippen LogP contribution in [0.1, 0.15) is 16.7 Å². The van der Waals surface area contributed by atoms with Gasteiger partial charge in [0.25, 0.3) is 5.69 Å². The summed E-state index contributed by atoms with van der Waals surface area (Å²) < 4.78 is 14.1. The molecular weight excluding hydrogens is 483 g/mol. The Hall–Kier alpha value is -3.49. The number of nitrogens with one attached hydrogen (secondary N) is 1. The molecule has 3 aromatic carbocycles. The first-order chi connectivity index (χ1) is 17.4. The van der Waals surface area contributed by atoms with E-state index in [0.29, 0.717) is 30.1 Å². The van der Waals surface area contributed by atoms with Gasteiger partial charge in [0.05, 0.1) is 16.9 Å². The van der Waals surface area contributed by atoms with Crippen molar-refractivity contribution >= 4 is 28.9 Å². The molecule has 1 fully saturated rings. The van der Waals surface area contributed by atoms with Crippen LogP contribution in [0.2, 0.25) is 5.02 Å². The Labute approximate surface area is 213 Å². The summed E-state index contributed by atoms with van der Waals surface area (Å²) in [4.78, 5) is 28.9. The van der Waals surface area contributed by atoms with E-state index in [9.17, 15) is 19.3 Å². The molecule has 36 heavy (non-hydrogen) atoms. The molecule has 1 amide bonds. The summed E-state index contributed by atoms with van der Waals surface area (Å²) in [6, 6.07) is 18.9. The first-order valence-electron chi connectivity index (χ1n) is 11.9. The highest BCUT2D eigenvalue weighted by Gasteiger charge is 2.42. The number of halogens is 2. The first-order valence-corrected chi connectivity index (χ1v) is 12.3. The number of anilines is 1. The Morgan fingerprint density at radius 3 is 2.64 bits per heavy atom. The lowest BCUT2D eigenvalue weighted by molar-refractivity contribution is -0.384. The van der Waals surface area contributed by atoms with E-state index in [2.05, 4.69) is 15.1 Å². The van der Waals surface area contributed by atoms with E-state index < -0.39 is 10.8 Å². The van der Waals surface area contributed by atoms with Crippen molar-refractivity contribution in [1.29, 1.82) is 0 Å². The number of carbonyl (C=O) groups is 1. The van der Waals surface area contributed by atoms with Gasteiger partial charge in [-0.1, -0.05) is 41.9 Å².